The molecule has 1 saturated heterocycles. The molecule has 132 valence electrons. The fraction of sp³-hybridized carbons (Fsp3) is 0.556. The van der Waals surface area contributed by atoms with Crippen LogP contribution in [0.1, 0.15) is 37.0 Å². The molecule has 0 spiro atoms. The average molecular weight is 334 g/mol. The highest BCUT2D eigenvalue weighted by Crippen LogP contribution is 2.34. The number of benzene rings is 1. The van der Waals surface area contributed by atoms with E-state index in [0.29, 0.717) is 36.7 Å². The average Bonchev–Trinajstić information content (AvgIpc) is 2.60. The molecule has 24 heavy (non-hydrogen) atoms. The Morgan fingerprint density at radius 3 is 2.42 bits per heavy atom. The maximum atomic E-state index is 13.1. The van der Waals surface area contributed by atoms with Crippen LogP contribution in [0.5, 0.6) is 11.5 Å². The quantitative estimate of drug-likeness (QED) is 0.895. The topological polar surface area (TPSA) is 67.9 Å². The van der Waals surface area contributed by atoms with E-state index in [4.69, 9.17) is 9.47 Å². The highest BCUT2D eigenvalue weighted by Gasteiger charge is 2.40. The molecule has 2 rings (SSSR count). The summed E-state index contributed by atoms with van der Waals surface area (Å²) in [7, 11) is 3.06. The van der Waals surface area contributed by atoms with Gasteiger partial charge in [0.05, 0.1) is 19.6 Å². The number of methoxy groups -OCH3 is 2. The van der Waals surface area contributed by atoms with Gasteiger partial charge in [0.15, 0.2) is 0 Å². The number of rotatable bonds is 5. The maximum Gasteiger partial charge on any atom is 0.261 e. The number of likely N-dealkylation sites (tertiary alicyclic amines) is 1. The molecular weight excluding hydrogens is 308 g/mol. The minimum absolute atomic E-state index is 0.00510. The normalized spacial score (nSPS) is 20.4. The highest BCUT2D eigenvalue weighted by atomic mass is 16.5. The van der Waals surface area contributed by atoms with Gasteiger partial charge in [-0.2, -0.15) is 0 Å². The van der Waals surface area contributed by atoms with Crippen LogP contribution in [0.3, 0.4) is 0 Å². The standard InChI is InChI=1S/C18H26N2O4/c1-5-19-17(22)18(2)10-7-11-20(12-18)16(21)15-13(23-3)8-6-9-14(15)24-4/h6,8-9H,5,7,10-12H2,1-4H3,(H,19,22). The van der Waals surface area contributed by atoms with Crippen molar-refractivity contribution in [1.29, 1.82) is 0 Å². The van der Waals surface area contributed by atoms with Crippen molar-refractivity contribution < 1.29 is 19.1 Å². The first kappa shape index (κ1) is 18.1. The lowest BCUT2D eigenvalue weighted by molar-refractivity contribution is -0.132. The van der Waals surface area contributed by atoms with Gasteiger partial charge in [0.25, 0.3) is 5.91 Å². The van der Waals surface area contributed by atoms with E-state index in [2.05, 4.69) is 5.32 Å². The van der Waals surface area contributed by atoms with Crippen molar-refractivity contribution in [2.24, 2.45) is 5.41 Å². The molecule has 0 bridgehead atoms. The van der Waals surface area contributed by atoms with E-state index in [1.54, 1.807) is 23.1 Å². The summed E-state index contributed by atoms with van der Waals surface area (Å²) in [5.74, 6) is 0.781. The summed E-state index contributed by atoms with van der Waals surface area (Å²) in [4.78, 5) is 27.2. The van der Waals surface area contributed by atoms with Crippen LogP contribution in [0.4, 0.5) is 0 Å². The summed E-state index contributed by atoms with van der Waals surface area (Å²) in [6, 6.07) is 5.26. The van der Waals surface area contributed by atoms with Crippen molar-refractivity contribution in [2.45, 2.75) is 26.7 Å². The first-order valence-corrected chi connectivity index (χ1v) is 8.25. The van der Waals surface area contributed by atoms with Gasteiger partial charge in [-0.3, -0.25) is 9.59 Å². The third kappa shape index (κ3) is 3.47. The SMILES string of the molecule is CCNC(=O)C1(C)CCCN(C(=O)c2c(OC)cccc2OC)C1. The van der Waals surface area contributed by atoms with Gasteiger partial charge in [-0.1, -0.05) is 6.07 Å². The van der Waals surface area contributed by atoms with Crippen LogP contribution in [0, 0.1) is 5.41 Å². The van der Waals surface area contributed by atoms with Gasteiger partial charge < -0.3 is 19.7 Å². The van der Waals surface area contributed by atoms with Crippen LogP contribution in [-0.4, -0.2) is 50.6 Å². The Morgan fingerprint density at radius 1 is 1.25 bits per heavy atom. The van der Waals surface area contributed by atoms with Crippen molar-refractivity contribution in [1.82, 2.24) is 10.2 Å². The van der Waals surface area contributed by atoms with Gasteiger partial charge in [0.1, 0.15) is 17.1 Å². The number of nitrogens with one attached hydrogen (secondary N) is 1. The molecule has 1 aliphatic heterocycles. The first-order valence-electron chi connectivity index (χ1n) is 8.25. The van der Waals surface area contributed by atoms with Gasteiger partial charge >= 0.3 is 0 Å². The molecule has 1 N–H and O–H groups in total. The highest BCUT2D eigenvalue weighted by molar-refractivity contribution is 6.00. The third-order valence-electron chi connectivity index (χ3n) is 4.51. The first-order chi connectivity index (χ1) is 11.5. The lowest BCUT2D eigenvalue weighted by atomic mass is 9.80. The fourth-order valence-corrected chi connectivity index (χ4v) is 3.19. The Bertz CT molecular complexity index is 595. The molecule has 1 atom stereocenters. The van der Waals surface area contributed by atoms with E-state index in [0.717, 1.165) is 12.8 Å². The van der Waals surface area contributed by atoms with Gasteiger partial charge in [-0.15, -0.1) is 0 Å². The van der Waals surface area contributed by atoms with Crippen molar-refractivity contribution in [3.05, 3.63) is 23.8 Å². The monoisotopic (exact) mass is 334 g/mol. The third-order valence-corrected chi connectivity index (χ3v) is 4.51. The van der Waals surface area contributed by atoms with Crippen LogP contribution in [0.25, 0.3) is 0 Å². The summed E-state index contributed by atoms with van der Waals surface area (Å²) in [5, 5.41) is 2.87. The predicted molar refractivity (Wildman–Crippen MR) is 91.5 cm³/mol. The molecular formula is C18H26N2O4. The van der Waals surface area contributed by atoms with E-state index >= 15 is 0 Å². The van der Waals surface area contributed by atoms with E-state index in [1.165, 1.54) is 14.2 Å². The lowest BCUT2D eigenvalue weighted by Crippen LogP contribution is -2.52. The molecule has 2 amide bonds. The Labute approximate surface area is 143 Å². The minimum atomic E-state index is -0.570. The molecule has 0 aromatic heterocycles. The van der Waals surface area contributed by atoms with E-state index in [-0.39, 0.29) is 11.8 Å². The number of hydrogen-bond acceptors (Lipinski definition) is 4. The Hall–Kier alpha value is -2.24. The fourth-order valence-electron chi connectivity index (χ4n) is 3.19. The molecule has 6 heteroatoms. The van der Waals surface area contributed by atoms with Crippen LogP contribution >= 0.6 is 0 Å². The molecule has 1 heterocycles. The lowest BCUT2D eigenvalue weighted by Gasteiger charge is -2.39. The molecule has 1 fully saturated rings. The van der Waals surface area contributed by atoms with Gasteiger partial charge in [-0.05, 0) is 38.8 Å². The summed E-state index contributed by atoms with van der Waals surface area (Å²) in [5.41, 5.74) is -0.165. The van der Waals surface area contributed by atoms with Crippen LogP contribution in [0.15, 0.2) is 18.2 Å². The number of carbonyl (C=O) groups excluding carboxylic acids is 2. The zero-order chi connectivity index (χ0) is 17.7. The maximum absolute atomic E-state index is 13.1. The molecule has 1 aliphatic rings. The Balaban J connectivity index is 2.29. The number of ether oxygens (including phenoxy) is 2. The number of hydrogen-bond donors (Lipinski definition) is 1. The van der Waals surface area contributed by atoms with Gasteiger partial charge in [0, 0.05) is 19.6 Å². The number of piperidine rings is 1. The van der Waals surface area contributed by atoms with Gasteiger partial charge in [0.2, 0.25) is 5.91 Å². The van der Waals surface area contributed by atoms with E-state index < -0.39 is 5.41 Å². The molecule has 0 saturated carbocycles. The second kappa shape index (κ2) is 7.55. The number of nitrogens with zero attached hydrogens (tertiary/aromatic N) is 1. The summed E-state index contributed by atoms with van der Waals surface area (Å²) >= 11 is 0. The smallest absolute Gasteiger partial charge is 0.261 e. The second-order valence-corrected chi connectivity index (χ2v) is 6.29. The summed E-state index contributed by atoms with van der Waals surface area (Å²) in [6.45, 7) is 5.40. The van der Waals surface area contributed by atoms with Crippen LogP contribution in [0.2, 0.25) is 0 Å². The van der Waals surface area contributed by atoms with E-state index in [9.17, 15) is 9.59 Å². The molecule has 1 aromatic rings. The molecule has 1 unspecified atom stereocenters. The number of amides is 2. The minimum Gasteiger partial charge on any atom is -0.496 e. The Kier molecular flexibility index (Phi) is 5.70. The second-order valence-electron chi connectivity index (χ2n) is 6.29. The molecule has 6 nitrogen and oxygen atoms in total. The molecule has 1 aromatic carbocycles. The Morgan fingerprint density at radius 2 is 1.88 bits per heavy atom. The predicted octanol–water partition coefficient (Wildman–Crippen LogP) is 2.08. The zero-order valence-corrected chi connectivity index (χ0v) is 14.8. The zero-order valence-electron chi connectivity index (χ0n) is 14.8. The van der Waals surface area contributed by atoms with Crippen molar-refractivity contribution in [3.8, 4) is 11.5 Å². The van der Waals surface area contributed by atoms with Crippen molar-refractivity contribution >= 4 is 11.8 Å². The van der Waals surface area contributed by atoms with Crippen LogP contribution in [-0.2, 0) is 4.79 Å². The largest absolute Gasteiger partial charge is 0.496 e. The molecule has 0 radical (unpaired) electrons. The van der Waals surface area contributed by atoms with Gasteiger partial charge in [-0.25, -0.2) is 0 Å². The summed E-state index contributed by atoms with van der Waals surface area (Å²) in [6.07, 6.45) is 1.56. The van der Waals surface area contributed by atoms with Crippen molar-refractivity contribution in [3.63, 3.8) is 0 Å². The summed E-state index contributed by atoms with van der Waals surface area (Å²) < 4.78 is 10.7. The van der Waals surface area contributed by atoms with E-state index in [1.807, 2.05) is 13.8 Å². The number of carbonyl (C=O) groups is 2. The molecule has 0 aliphatic carbocycles. The van der Waals surface area contributed by atoms with Crippen molar-refractivity contribution in [2.75, 3.05) is 33.9 Å². The van der Waals surface area contributed by atoms with Crippen LogP contribution < -0.4 is 14.8 Å².